The van der Waals surface area contributed by atoms with E-state index in [1.807, 2.05) is 0 Å². The molecule has 0 saturated carbocycles. The largest absolute Gasteiger partial charge is 0.392 e. The molecule has 0 unspecified atom stereocenters. The Kier molecular flexibility index (Phi) is 4.72. The summed E-state index contributed by atoms with van der Waals surface area (Å²) < 4.78 is 50.4. The fourth-order valence-electron chi connectivity index (χ4n) is 1.53. The van der Waals surface area contributed by atoms with Gasteiger partial charge in [0, 0.05) is 18.2 Å². The number of hydrazine groups is 1. The van der Waals surface area contributed by atoms with E-state index in [1.165, 1.54) is 13.1 Å². The Morgan fingerprint density at radius 3 is 2.40 bits per heavy atom. The van der Waals surface area contributed by atoms with Crippen molar-refractivity contribution in [2.45, 2.75) is 12.6 Å². The Morgan fingerprint density at radius 2 is 2.00 bits per heavy atom. The van der Waals surface area contributed by atoms with Crippen LogP contribution in [-0.4, -0.2) is 24.1 Å². The molecule has 0 heterocycles. The number of carbonyl (C=O) groups is 1. The van der Waals surface area contributed by atoms with Crippen molar-refractivity contribution in [1.29, 1.82) is 0 Å². The summed E-state index contributed by atoms with van der Waals surface area (Å²) in [6, 6.07) is 3.22. The maximum absolute atomic E-state index is 13.8. The van der Waals surface area contributed by atoms with Gasteiger partial charge in [0.1, 0.15) is 5.82 Å². The molecule has 0 radical (unpaired) electrons. The highest BCUT2D eigenvalue weighted by Crippen LogP contribution is 2.26. The zero-order chi connectivity index (χ0) is 15.5. The lowest BCUT2D eigenvalue weighted by Gasteiger charge is -2.18. The highest BCUT2D eigenvalue weighted by molar-refractivity contribution is 5.93. The van der Waals surface area contributed by atoms with Gasteiger partial charge in [-0.3, -0.25) is 4.79 Å². The van der Waals surface area contributed by atoms with Crippen LogP contribution < -0.4 is 11.6 Å². The average molecular weight is 291 g/mol. The summed E-state index contributed by atoms with van der Waals surface area (Å²) in [7, 11) is 1.28. The van der Waals surface area contributed by atoms with Crippen LogP contribution in [0, 0.1) is 5.82 Å². The molecule has 0 bridgehead atoms. The SMILES string of the molecule is CN(N)/C(=C\CC(F)(F)F)c1ccc(C(N)=O)cc1F. The number of nitrogens with two attached hydrogens (primary N) is 2. The minimum Gasteiger partial charge on any atom is -0.366 e. The minimum absolute atomic E-state index is 0.0823. The second kappa shape index (κ2) is 5.91. The number of rotatable bonds is 4. The second-order valence-electron chi connectivity index (χ2n) is 4.08. The molecule has 1 aromatic rings. The molecule has 4 nitrogen and oxygen atoms in total. The first kappa shape index (κ1) is 16.0. The van der Waals surface area contributed by atoms with Gasteiger partial charge in [0.2, 0.25) is 5.91 Å². The van der Waals surface area contributed by atoms with E-state index < -0.39 is 24.3 Å². The number of carbonyl (C=O) groups excluding carboxylic acids is 1. The summed E-state index contributed by atoms with van der Waals surface area (Å²) in [5.74, 6) is 3.69. The monoisotopic (exact) mass is 291 g/mol. The summed E-state index contributed by atoms with van der Waals surface area (Å²) in [6.45, 7) is 0. The van der Waals surface area contributed by atoms with E-state index in [2.05, 4.69) is 0 Å². The average Bonchev–Trinajstić information content (AvgIpc) is 2.28. The van der Waals surface area contributed by atoms with Gasteiger partial charge in [-0.1, -0.05) is 6.08 Å². The van der Waals surface area contributed by atoms with Crippen molar-refractivity contribution in [3.05, 3.63) is 41.2 Å². The van der Waals surface area contributed by atoms with Gasteiger partial charge in [-0.15, -0.1) is 0 Å². The third-order valence-electron chi connectivity index (χ3n) is 2.44. The molecule has 1 rings (SSSR count). The number of benzene rings is 1. The maximum atomic E-state index is 13.8. The van der Waals surface area contributed by atoms with Gasteiger partial charge in [0.25, 0.3) is 0 Å². The van der Waals surface area contributed by atoms with Crippen LogP contribution in [-0.2, 0) is 0 Å². The molecule has 0 aliphatic heterocycles. The van der Waals surface area contributed by atoms with Crippen molar-refractivity contribution in [2.24, 2.45) is 11.6 Å². The van der Waals surface area contributed by atoms with Crippen molar-refractivity contribution in [2.75, 3.05) is 7.05 Å². The van der Waals surface area contributed by atoms with Crippen LogP contribution in [0.25, 0.3) is 5.70 Å². The fraction of sp³-hybridized carbons (Fsp3) is 0.250. The first-order valence-electron chi connectivity index (χ1n) is 5.47. The normalized spacial score (nSPS) is 12.4. The molecule has 1 amide bonds. The number of halogens is 4. The van der Waals surface area contributed by atoms with E-state index in [-0.39, 0.29) is 16.8 Å². The Balaban J connectivity index is 3.20. The highest BCUT2D eigenvalue weighted by atomic mass is 19.4. The molecule has 4 N–H and O–H groups in total. The van der Waals surface area contributed by atoms with Crippen LogP contribution >= 0.6 is 0 Å². The molecule has 110 valence electrons. The van der Waals surface area contributed by atoms with E-state index in [0.29, 0.717) is 0 Å². The number of nitrogens with zero attached hydrogens (tertiary/aromatic N) is 1. The van der Waals surface area contributed by atoms with Crippen LogP contribution in [0.4, 0.5) is 17.6 Å². The Bertz CT molecular complexity index is 538. The molecule has 0 atom stereocenters. The number of alkyl halides is 3. The van der Waals surface area contributed by atoms with Gasteiger partial charge in [0.05, 0.1) is 12.1 Å². The van der Waals surface area contributed by atoms with Crippen molar-refractivity contribution >= 4 is 11.6 Å². The fourth-order valence-corrected chi connectivity index (χ4v) is 1.53. The predicted octanol–water partition coefficient (Wildman–Crippen LogP) is 2.02. The Morgan fingerprint density at radius 1 is 1.40 bits per heavy atom. The van der Waals surface area contributed by atoms with Gasteiger partial charge in [0.15, 0.2) is 0 Å². The van der Waals surface area contributed by atoms with Gasteiger partial charge >= 0.3 is 6.18 Å². The number of allylic oxidation sites excluding steroid dienone is 1. The third kappa shape index (κ3) is 4.23. The number of hydrogen-bond acceptors (Lipinski definition) is 3. The van der Waals surface area contributed by atoms with E-state index in [9.17, 15) is 22.4 Å². The lowest BCUT2D eigenvalue weighted by Crippen LogP contribution is -2.25. The molecular formula is C12H13F4N3O. The lowest BCUT2D eigenvalue weighted by molar-refractivity contribution is -0.125. The van der Waals surface area contributed by atoms with Gasteiger partial charge < -0.3 is 10.7 Å². The Labute approximate surface area is 112 Å². The zero-order valence-electron chi connectivity index (χ0n) is 10.5. The minimum atomic E-state index is -4.43. The predicted molar refractivity (Wildman–Crippen MR) is 65.5 cm³/mol. The van der Waals surface area contributed by atoms with Gasteiger partial charge in [-0.05, 0) is 18.2 Å². The molecule has 0 saturated heterocycles. The molecule has 0 spiro atoms. The second-order valence-corrected chi connectivity index (χ2v) is 4.08. The smallest absolute Gasteiger partial charge is 0.366 e. The molecule has 0 aliphatic rings. The van der Waals surface area contributed by atoms with E-state index in [1.54, 1.807) is 0 Å². The van der Waals surface area contributed by atoms with Crippen LogP contribution in [0.5, 0.6) is 0 Å². The standard InChI is InChI=1S/C12H13F4N3O/c1-19(18)10(4-5-12(14,15)16)8-3-2-7(11(17)20)6-9(8)13/h2-4,6H,5,18H2,1H3,(H2,17,20)/b10-4-. The summed E-state index contributed by atoms with van der Waals surface area (Å²) in [5.41, 5.74) is 4.61. The Hall–Kier alpha value is -2.09. The van der Waals surface area contributed by atoms with Gasteiger partial charge in [-0.2, -0.15) is 13.2 Å². The quantitative estimate of drug-likeness (QED) is 0.506. The maximum Gasteiger partial charge on any atom is 0.392 e. The first-order chi connectivity index (χ1) is 9.11. The van der Waals surface area contributed by atoms with Crippen molar-refractivity contribution < 1.29 is 22.4 Å². The lowest BCUT2D eigenvalue weighted by atomic mass is 10.1. The summed E-state index contributed by atoms with van der Waals surface area (Å²) >= 11 is 0. The van der Waals surface area contributed by atoms with E-state index in [0.717, 1.165) is 23.2 Å². The van der Waals surface area contributed by atoms with Crippen molar-refractivity contribution in [3.8, 4) is 0 Å². The van der Waals surface area contributed by atoms with Crippen molar-refractivity contribution in [3.63, 3.8) is 0 Å². The molecule has 0 aliphatic carbocycles. The van der Waals surface area contributed by atoms with Crippen LogP contribution in [0.1, 0.15) is 22.3 Å². The molecule has 20 heavy (non-hydrogen) atoms. The topological polar surface area (TPSA) is 72.3 Å². The molecule has 8 heteroatoms. The van der Waals surface area contributed by atoms with Crippen LogP contribution in [0.2, 0.25) is 0 Å². The number of primary amides is 1. The third-order valence-corrected chi connectivity index (χ3v) is 2.44. The molecule has 1 aromatic carbocycles. The first-order valence-corrected chi connectivity index (χ1v) is 5.47. The highest BCUT2D eigenvalue weighted by Gasteiger charge is 2.26. The molecule has 0 fully saturated rings. The van der Waals surface area contributed by atoms with Gasteiger partial charge in [-0.25, -0.2) is 10.2 Å². The summed E-state index contributed by atoms with van der Waals surface area (Å²) in [6.07, 6.45) is -4.91. The van der Waals surface area contributed by atoms with E-state index in [4.69, 9.17) is 11.6 Å². The number of hydrogen-bond donors (Lipinski definition) is 2. The summed E-state index contributed by atoms with van der Waals surface area (Å²) in [4.78, 5) is 10.9. The van der Waals surface area contributed by atoms with Crippen molar-refractivity contribution in [1.82, 2.24) is 5.01 Å². The number of amides is 1. The van der Waals surface area contributed by atoms with E-state index >= 15 is 0 Å². The molecule has 0 aromatic heterocycles. The zero-order valence-corrected chi connectivity index (χ0v) is 10.5. The van der Waals surface area contributed by atoms with Crippen LogP contribution in [0.3, 0.4) is 0 Å². The molecular weight excluding hydrogens is 278 g/mol. The summed E-state index contributed by atoms with van der Waals surface area (Å²) in [5, 5.41) is 0.869. The van der Waals surface area contributed by atoms with Crippen LogP contribution in [0.15, 0.2) is 24.3 Å².